The number of carbonyl (C=O) groups excluding carboxylic acids is 2. The Morgan fingerprint density at radius 2 is 2.04 bits per heavy atom. The average molecular weight is 370 g/mol. The maximum atomic E-state index is 12.8. The molecule has 6 nitrogen and oxygen atoms in total. The molecule has 0 radical (unpaired) electrons. The van der Waals surface area contributed by atoms with Crippen molar-refractivity contribution < 1.29 is 22.8 Å². The second kappa shape index (κ2) is 7.20. The fourth-order valence-electron chi connectivity index (χ4n) is 3.15. The van der Waals surface area contributed by atoms with Crippen molar-refractivity contribution in [3.63, 3.8) is 0 Å². The summed E-state index contributed by atoms with van der Waals surface area (Å²) in [5, 5.41) is 2.74. The van der Waals surface area contributed by atoms with Gasteiger partial charge in [0.1, 0.15) is 11.5 Å². The molecule has 26 heavy (non-hydrogen) atoms. The van der Waals surface area contributed by atoms with E-state index in [2.05, 4.69) is 15.3 Å². The first-order valence-corrected chi connectivity index (χ1v) is 8.73. The zero-order valence-electron chi connectivity index (χ0n) is 14.5. The summed E-state index contributed by atoms with van der Waals surface area (Å²) in [6.07, 6.45) is -1.54. The van der Waals surface area contributed by atoms with Crippen molar-refractivity contribution in [3.05, 3.63) is 23.3 Å². The van der Waals surface area contributed by atoms with E-state index < -0.39 is 11.9 Å². The van der Waals surface area contributed by atoms with Crippen LogP contribution in [0.1, 0.15) is 42.9 Å². The van der Waals surface area contributed by atoms with E-state index in [-0.39, 0.29) is 48.3 Å². The monoisotopic (exact) mass is 370 g/mol. The molecule has 142 valence electrons. The molecule has 1 N–H and O–H groups in total. The van der Waals surface area contributed by atoms with Gasteiger partial charge in [-0.2, -0.15) is 13.2 Å². The second-order valence-electron chi connectivity index (χ2n) is 6.86. The molecule has 1 atom stereocenters. The van der Waals surface area contributed by atoms with Gasteiger partial charge in [0.05, 0.1) is 5.92 Å². The Labute approximate surface area is 149 Å². The fourth-order valence-corrected chi connectivity index (χ4v) is 3.15. The zero-order chi connectivity index (χ0) is 18.9. The molecule has 0 bridgehead atoms. The number of halogens is 3. The Kier molecular flexibility index (Phi) is 5.15. The van der Waals surface area contributed by atoms with Crippen molar-refractivity contribution in [1.82, 2.24) is 20.2 Å². The summed E-state index contributed by atoms with van der Waals surface area (Å²) in [4.78, 5) is 33.5. The smallest absolute Gasteiger partial charge is 0.355 e. The third kappa shape index (κ3) is 4.50. The predicted octanol–water partition coefficient (Wildman–Crippen LogP) is 1.86. The van der Waals surface area contributed by atoms with E-state index >= 15 is 0 Å². The SMILES string of the molecule is Cc1cc(C(F)(F)F)nc(CCNC(=O)[C@H]2CCC(=O)N(C3CC3)C2)n1. The molecule has 9 heteroatoms. The van der Waals surface area contributed by atoms with Crippen LogP contribution < -0.4 is 5.32 Å². The number of piperidine rings is 1. The molecule has 0 spiro atoms. The van der Waals surface area contributed by atoms with Crippen LogP contribution in [0.2, 0.25) is 0 Å². The van der Waals surface area contributed by atoms with Gasteiger partial charge >= 0.3 is 6.18 Å². The minimum atomic E-state index is -4.52. The molecule has 1 aliphatic heterocycles. The molecule has 0 aromatic carbocycles. The van der Waals surface area contributed by atoms with E-state index in [0.29, 0.717) is 19.4 Å². The average Bonchev–Trinajstić information content (AvgIpc) is 3.38. The standard InChI is InChI=1S/C17H21F3N4O2/c1-10-8-13(17(18,19)20)23-14(22-10)6-7-21-16(26)11-2-5-15(25)24(9-11)12-3-4-12/h8,11-12H,2-7,9H2,1H3,(H,21,26)/t11-/m0/s1. The maximum absolute atomic E-state index is 12.8. The van der Waals surface area contributed by atoms with E-state index in [4.69, 9.17) is 0 Å². The van der Waals surface area contributed by atoms with Gasteiger partial charge in [0.15, 0.2) is 0 Å². The second-order valence-corrected chi connectivity index (χ2v) is 6.86. The van der Waals surface area contributed by atoms with E-state index in [0.717, 1.165) is 18.9 Å². The summed E-state index contributed by atoms with van der Waals surface area (Å²) >= 11 is 0. The highest BCUT2D eigenvalue weighted by Gasteiger charge is 2.38. The van der Waals surface area contributed by atoms with Gasteiger partial charge in [-0.25, -0.2) is 9.97 Å². The quantitative estimate of drug-likeness (QED) is 0.859. The van der Waals surface area contributed by atoms with E-state index in [1.54, 1.807) is 4.90 Å². The van der Waals surface area contributed by atoms with E-state index in [1.807, 2.05) is 0 Å². The number of rotatable bonds is 5. The molecule has 1 saturated heterocycles. The van der Waals surface area contributed by atoms with Crippen LogP contribution in [-0.2, 0) is 22.2 Å². The predicted molar refractivity (Wildman–Crippen MR) is 85.9 cm³/mol. The van der Waals surface area contributed by atoms with Crippen molar-refractivity contribution in [3.8, 4) is 0 Å². The highest BCUT2D eigenvalue weighted by atomic mass is 19.4. The molecule has 1 aromatic heterocycles. The van der Waals surface area contributed by atoms with Gasteiger partial charge in [0.2, 0.25) is 11.8 Å². The third-order valence-corrected chi connectivity index (χ3v) is 4.64. The first-order chi connectivity index (χ1) is 12.2. The van der Waals surface area contributed by atoms with Crippen molar-refractivity contribution in [2.45, 2.75) is 51.2 Å². The Morgan fingerprint density at radius 1 is 1.31 bits per heavy atom. The van der Waals surface area contributed by atoms with Gasteiger partial charge in [0, 0.05) is 37.7 Å². The molecular formula is C17H21F3N4O2. The molecule has 2 fully saturated rings. The molecular weight excluding hydrogens is 349 g/mol. The van der Waals surface area contributed by atoms with Gasteiger partial charge in [-0.05, 0) is 32.3 Å². The van der Waals surface area contributed by atoms with Crippen molar-refractivity contribution in [2.24, 2.45) is 5.92 Å². The number of nitrogens with zero attached hydrogens (tertiary/aromatic N) is 3. The van der Waals surface area contributed by atoms with E-state index in [1.165, 1.54) is 6.92 Å². The van der Waals surface area contributed by atoms with Crippen LogP contribution in [0.5, 0.6) is 0 Å². The Hall–Kier alpha value is -2.19. The van der Waals surface area contributed by atoms with Crippen LogP contribution in [-0.4, -0.2) is 45.8 Å². The van der Waals surface area contributed by atoms with Gasteiger partial charge in [-0.1, -0.05) is 0 Å². The summed E-state index contributed by atoms with van der Waals surface area (Å²) in [5.41, 5.74) is -0.739. The molecule has 1 aromatic rings. The number of amides is 2. The normalized spacial score (nSPS) is 21.0. The summed E-state index contributed by atoms with van der Waals surface area (Å²) < 4.78 is 38.4. The lowest BCUT2D eigenvalue weighted by Crippen LogP contribution is -2.46. The van der Waals surface area contributed by atoms with Gasteiger partial charge in [-0.3, -0.25) is 9.59 Å². The largest absolute Gasteiger partial charge is 0.433 e. The van der Waals surface area contributed by atoms with Gasteiger partial charge in [-0.15, -0.1) is 0 Å². The minimum absolute atomic E-state index is 0.0519. The van der Waals surface area contributed by atoms with Gasteiger partial charge in [0.25, 0.3) is 0 Å². The lowest BCUT2D eigenvalue weighted by Gasteiger charge is -2.32. The van der Waals surface area contributed by atoms with Crippen molar-refractivity contribution in [2.75, 3.05) is 13.1 Å². The van der Waals surface area contributed by atoms with Crippen LogP contribution >= 0.6 is 0 Å². The maximum Gasteiger partial charge on any atom is 0.433 e. The molecule has 1 aliphatic carbocycles. The minimum Gasteiger partial charge on any atom is -0.355 e. The number of alkyl halides is 3. The number of nitrogens with one attached hydrogen (secondary N) is 1. The third-order valence-electron chi connectivity index (χ3n) is 4.64. The highest BCUT2D eigenvalue weighted by Crippen LogP contribution is 2.31. The lowest BCUT2D eigenvalue weighted by molar-refractivity contribution is -0.141. The summed E-state index contributed by atoms with van der Waals surface area (Å²) in [7, 11) is 0. The number of aromatic nitrogens is 2. The molecule has 2 heterocycles. The van der Waals surface area contributed by atoms with Crippen LogP contribution in [0.4, 0.5) is 13.2 Å². The van der Waals surface area contributed by atoms with Crippen LogP contribution in [0, 0.1) is 12.8 Å². The summed E-state index contributed by atoms with van der Waals surface area (Å²) in [6, 6.07) is 1.17. The molecule has 2 amide bonds. The van der Waals surface area contributed by atoms with Crippen molar-refractivity contribution in [1.29, 1.82) is 0 Å². The van der Waals surface area contributed by atoms with E-state index in [9.17, 15) is 22.8 Å². The van der Waals surface area contributed by atoms with Crippen LogP contribution in [0.3, 0.4) is 0 Å². The molecule has 1 saturated carbocycles. The van der Waals surface area contributed by atoms with Crippen molar-refractivity contribution >= 4 is 11.8 Å². The Bertz CT molecular complexity index is 704. The Morgan fingerprint density at radius 3 is 2.69 bits per heavy atom. The lowest BCUT2D eigenvalue weighted by atomic mass is 9.96. The number of likely N-dealkylation sites (tertiary alicyclic amines) is 1. The van der Waals surface area contributed by atoms with Crippen LogP contribution in [0.25, 0.3) is 0 Å². The first-order valence-electron chi connectivity index (χ1n) is 8.73. The summed E-state index contributed by atoms with van der Waals surface area (Å²) in [5.74, 6) is -0.287. The Balaban J connectivity index is 1.52. The highest BCUT2D eigenvalue weighted by molar-refractivity contribution is 5.84. The molecule has 2 aliphatic rings. The fraction of sp³-hybridized carbons (Fsp3) is 0.647. The number of aryl methyl sites for hydroxylation is 1. The molecule has 3 rings (SSSR count). The number of hydrogen-bond acceptors (Lipinski definition) is 4. The van der Waals surface area contributed by atoms with Gasteiger partial charge < -0.3 is 10.2 Å². The number of hydrogen-bond donors (Lipinski definition) is 1. The number of carbonyl (C=O) groups is 2. The zero-order valence-corrected chi connectivity index (χ0v) is 14.5. The topological polar surface area (TPSA) is 75.2 Å². The van der Waals surface area contributed by atoms with Crippen LogP contribution in [0.15, 0.2) is 6.07 Å². The summed E-state index contributed by atoms with van der Waals surface area (Å²) in [6.45, 7) is 2.06. The first kappa shape index (κ1) is 18.6. The molecule has 0 unspecified atom stereocenters.